The van der Waals surface area contributed by atoms with Gasteiger partial charge in [0.25, 0.3) is 5.91 Å². The molecule has 0 bridgehead atoms. The molecule has 5 nitrogen and oxygen atoms in total. The van der Waals surface area contributed by atoms with Gasteiger partial charge in [0.2, 0.25) is 0 Å². The summed E-state index contributed by atoms with van der Waals surface area (Å²) in [7, 11) is 0. The van der Waals surface area contributed by atoms with Crippen LogP contribution in [-0.4, -0.2) is 27.5 Å². The fourth-order valence-electron chi connectivity index (χ4n) is 3.23. The molecule has 24 heavy (non-hydrogen) atoms. The molecule has 3 rings (SSSR count). The molecule has 1 heterocycles. The van der Waals surface area contributed by atoms with Crippen molar-refractivity contribution >= 4 is 5.91 Å². The zero-order valence-electron chi connectivity index (χ0n) is 13.9. The summed E-state index contributed by atoms with van der Waals surface area (Å²) in [4.78, 5) is 21.1. The summed E-state index contributed by atoms with van der Waals surface area (Å²) < 4.78 is 0. The lowest BCUT2D eigenvalue weighted by molar-refractivity contribution is 0.0910. The Kier molecular flexibility index (Phi) is 5.20. The van der Waals surface area contributed by atoms with Crippen LogP contribution < -0.4 is 5.32 Å². The molecule has 126 valence electrons. The molecule has 5 heteroatoms. The Morgan fingerprint density at radius 2 is 2.04 bits per heavy atom. The molecule has 1 saturated carbocycles. The highest BCUT2D eigenvalue weighted by atomic mass is 16.3. The quantitative estimate of drug-likeness (QED) is 0.886. The Balaban J connectivity index is 1.63. The van der Waals surface area contributed by atoms with Crippen LogP contribution in [0.2, 0.25) is 0 Å². The van der Waals surface area contributed by atoms with Gasteiger partial charge >= 0.3 is 0 Å². The van der Waals surface area contributed by atoms with Crippen LogP contribution in [0.25, 0.3) is 0 Å². The maximum atomic E-state index is 12.3. The van der Waals surface area contributed by atoms with Crippen molar-refractivity contribution in [3.05, 3.63) is 59.2 Å². The van der Waals surface area contributed by atoms with Gasteiger partial charge in [-0.15, -0.1) is 0 Å². The standard InChI is InChI=1S/C19H23N3O2/c1-13-6-2-5-9-15(13)17(23)12-21-19(24)16-10-11-20-18(22-16)14-7-3-4-8-14/h2,5-6,9-11,14,17,23H,3-4,7-8,12H2,1H3,(H,21,24). The van der Waals surface area contributed by atoms with Gasteiger partial charge in [-0.1, -0.05) is 37.1 Å². The smallest absolute Gasteiger partial charge is 0.270 e. The van der Waals surface area contributed by atoms with E-state index in [-0.39, 0.29) is 12.5 Å². The van der Waals surface area contributed by atoms with Crippen LogP contribution in [-0.2, 0) is 0 Å². The number of aliphatic hydroxyl groups is 1. The lowest BCUT2D eigenvalue weighted by atomic mass is 10.0. The monoisotopic (exact) mass is 325 g/mol. The average molecular weight is 325 g/mol. The van der Waals surface area contributed by atoms with Crippen molar-refractivity contribution in [2.45, 2.75) is 44.6 Å². The SMILES string of the molecule is Cc1ccccc1C(O)CNC(=O)c1ccnc(C2CCCC2)n1. The number of hydrogen-bond acceptors (Lipinski definition) is 4. The summed E-state index contributed by atoms with van der Waals surface area (Å²) in [6, 6.07) is 9.24. The van der Waals surface area contributed by atoms with Gasteiger partial charge in [0, 0.05) is 18.7 Å². The van der Waals surface area contributed by atoms with Crippen molar-refractivity contribution in [3.63, 3.8) is 0 Å². The van der Waals surface area contributed by atoms with E-state index in [1.165, 1.54) is 12.8 Å². The zero-order valence-corrected chi connectivity index (χ0v) is 13.9. The van der Waals surface area contributed by atoms with Crippen LogP contribution in [0.15, 0.2) is 36.5 Å². The molecule has 0 spiro atoms. The number of carbonyl (C=O) groups is 1. The van der Waals surface area contributed by atoms with Crippen LogP contribution in [0.3, 0.4) is 0 Å². The summed E-state index contributed by atoms with van der Waals surface area (Å²) in [5, 5.41) is 13.0. The molecule has 1 unspecified atom stereocenters. The van der Waals surface area contributed by atoms with Gasteiger partial charge in [0.05, 0.1) is 6.10 Å². The Hall–Kier alpha value is -2.27. The van der Waals surface area contributed by atoms with Gasteiger partial charge in [0.15, 0.2) is 0 Å². The molecule has 1 aromatic carbocycles. The van der Waals surface area contributed by atoms with Crippen molar-refractivity contribution in [3.8, 4) is 0 Å². The van der Waals surface area contributed by atoms with Crippen LogP contribution in [0.4, 0.5) is 0 Å². The molecule has 1 atom stereocenters. The molecule has 1 aromatic heterocycles. The van der Waals surface area contributed by atoms with Gasteiger partial charge in [-0.3, -0.25) is 4.79 Å². The molecule has 2 aromatic rings. The Morgan fingerprint density at radius 3 is 2.79 bits per heavy atom. The number of carbonyl (C=O) groups excluding carboxylic acids is 1. The number of aromatic nitrogens is 2. The summed E-state index contributed by atoms with van der Waals surface area (Å²) >= 11 is 0. The fourth-order valence-corrected chi connectivity index (χ4v) is 3.23. The fraction of sp³-hybridized carbons (Fsp3) is 0.421. The van der Waals surface area contributed by atoms with Crippen LogP contribution in [0.5, 0.6) is 0 Å². The van der Waals surface area contributed by atoms with Crippen molar-refractivity contribution in [2.24, 2.45) is 0 Å². The Bertz CT molecular complexity index is 711. The Labute approximate surface area is 142 Å². The van der Waals surface area contributed by atoms with Crippen molar-refractivity contribution in [1.82, 2.24) is 15.3 Å². The van der Waals surface area contributed by atoms with Gasteiger partial charge in [-0.2, -0.15) is 0 Å². The van der Waals surface area contributed by atoms with E-state index in [1.54, 1.807) is 12.3 Å². The molecule has 1 aliphatic rings. The van der Waals surface area contributed by atoms with E-state index in [4.69, 9.17) is 0 Å². The minimum Gasteiger partial charge on any atom is -0.387 e. The lowest BCUT2D eigenvalue weighted by Crippen LogP contribution is -2.29. The van der Waals surface area contributed by atoms with E-state index in [2.05, 4.69) is 15.3 Å². The van der Waals surface area contributed by atoms with E-state index in [0.29, 0.717) is 11.6 Å². The van der Waals surface area contributed by atoms with E-state index in [0.717, 1.165) is 29.8 Å². The molecular weight excluding hydrogens is 302 g/mol. The highest BCUT2D eigenvalue weighted by Crippen LogP contribution is 2.31. The first-order valence-corrected chi connectivity index (χ1v) is 8.50. The number of rotatable bonds is 5. The van der Waals surface area contributed by atoms with Gasteiger partial charge in [0.1, 0.15) is 11.5 Å². The second-order valence-corrected chi connectivity index (χ2v) is 6.36. The van der Waals surface area contributed by atoms with E-state index < -0.39 is 6.10 Å². The normalized spacial score (nSPS) is 16.1. The number of amides is 1. The lowest BCUT2D eigenvalue weighted by Gasteiger charge is -2.14. The minimum atomic E-state index is -0.730. The number of benzene rings is 1. The Morgan fingerprint density at radius 1 is 1.29 bits per heavy atom. The minimum absolute atomic E-state index is 0.159. The molecule has 2 N–H and O–H groups in total. The third-order valence-electron chi connectivity index (χ3n) is 4.63. The first kappa shape index (κ1) is 16.6. The van der Waals surface area contributed by atoms with Gasteiger partial charge in [-0.25, -0.2) is 9.97 Å². The van der Waals surface area contributed by atoms with E-state index >= 15 is 0 Å². The predicted molar refractivity (Wildman–Crippen MR) is 91.7 cm³/mol. The predicted octanol–water partition coefficient (Wildman–Crippen LogP) is 2.91. The topological polar surface area (TPSA) is 75.1 Å². The maximum Gasteiger partial charge on any atom is 0.270 e. The summed E-state index contributed by atoms with van der Waals surface area (Å²) in [5.41, 5.74) is 2.20. The molecular formula is C19H23N3O2. The number of hydrogen-bond donors (Lipinski definition) is 2. The van der Waals surface area contributed by atoms with Crippen molar-refractivity contribution in [2.75, 3.05) is 6.54 Å². The third kappa shape index (κ3) is 3.79. The average Bonchev–Trinajstić information content (AvgIpc) is 3.14. The summed E-state index contributed by atoms with van der Waals surface area (Å²) in [6.45, 7) is 2.10. The van der Waals surface area contributed by atoms with Gasteiger partial charge < -0.3 is 10.4 Å². The second kappa shape index (κ2) is 7.53. The molecule has 0 aliphatic heterocycles. The van der Waals surface area contributed by atoms with Gasteiger partial charge in [-0.05, 0) is 37.0 Å². The van der Waals surface area contributed by atoms with Crippen LogP contribution in [0, 0.1) is 6.92 Å². The van der Waals surface area contributed by atoms with Crippen LogP contribution >= 0.6 is 0 Å². The molecule has 1 fully saturated rings. The zero-order chi connectivity index (χ0) is 16.9. The second-order valence-electron chi connectivity index (χ2n) is 6.36. The first-order valence-electron chi connectivity index (χ1n) is 8.50. The number of aryl methyl sites for hydroxylation is 1. The third-order valence-corrected chi connectivity index (χ3v) is 4.63. The number of nitrogens with one attached hydrogen (secondary N) is 1. The highest BCUT2D eigenvalue weighted by Gasteiger charge is 2.21. The van der Waals surface area contributed by atoms with Crippen LogP contribution in [0.1, 0.15) is 65.1 Å². The molecule has 0 saturated heterocycles. The summed E-state index contributed by atoms with van der Waals surface area (Å²) in [6.07, 6.45) is 5.51. The largest absolute Gasteiger partial charge is 0.387 e. The van der Waals surface area contributed by atoms with E-state index in [9.17, 15) is 9.90 Å². The van der Waals surface area contributed by atoms with Crippen molar-refractivity contribution < 1.29 is 9.90 Å². The molecule has 0 radical (unpaired) electrons. The highest BCUT2D eigenvalue weighted by molar-refractivity contribution is 5.92. The summed E-state index contributed by atoms with van der Waals surface area (Å²) in [5.74, 6) is 0.860. The molecule has 1 amide bonds. The van der Waals surface area contributed by atoms with E-state index in [1.807, 2.05) is 31.2 Å². The number of nitrogens with zero attached hydrogens (tertiary/aromatic N) is 2. The first-order chi connectivity index (χ1) is 11.6. The number of aliphatic hydroxyl groups excluding tert-OH is 1. The van der Waals surface area contributed by atoms with Crippen molar-refractivity contribution in [1.29, 1.82) is 0 Å². The molecule has 1 aliphatic carbocycles. The maximum absolute atomic E-state index is 12.3.